The van der Waals surface area contributed by atoms with Crippen LogP contribution in [0.15, 0.2) is 36.5 Å². The van der Waals surface area contributed by atoms with Gasteiger partial charge in [-0.05, 0) is 24.3 Å². The van der Waals surface area contributed by atoms with Crippen LogP contribution >= 0.6 is 0 Å². The molecule has 1 unspecified atom stereocenters. The fourth-order valence-electron chi connectivity index (χ4n) is 1.89. The minimum Gasteiger partial charge on any atom is -0.490 e. The number of aliphatic hydroxyl groups is 1. The molecule has 2 N–H and O–H groups in total. The summed E-state index contributed by atoms with van der Waals surface area (Å²) in [5.74, 6) is 0.742. The quantitative estimate of drug-likeness (QED) is 0.710. The molecule has 0 fully saturated rings. The van der Waals surface area contributed by atoms with Crippen molar-refractivity contribution in [2.45, 2.75) is 6.10 Å². The van der Waals surface area contributed by atoms with E-state index in [0.29, 0.717) is 19.7 Å². The highest BCUT2D eigenvalue weighted by atomic mass is 16.5. The van der Waals surface area contributed by atoms with Crippen LogP contribution in [0.1, 0.15) is 0 Å². The number of hydrogen-bond acceptors (Lipinski definition) is 5. The summed E-state index contributed by atoms with van der Waals surface area (Å²) in [6, 6.07) is 9.55. The Morgan fingerprint density at radius 3 is 3.05 bits per heavy atom. The topological polar surface area (TPSA) is 63.6 Å². The van der Waals surface area contributed by atoms with Gasteiger partial charge in [0.25, 0.3) is 0 Å². The minimum atomic E-state index is -0.557. The van der Waals surface area contributed by atoms with E-state index in [1.54, 1.807) is 13.3 Å². The summed E-state index contributed by atoms with van der Waals surface area (Å²) in [5, 5.41) is 13.9. The second-order valence-electron chi connectivity index (χ2n) is 4.49. The number of hydrogen-bond donors (Lipinski definition) is 2. The molecule has 0 radical (unpaired) electrons. The van der Waals surface area contributed by atoms with E-state index in [2.05, 4.69) is 10.3 Å². The van der Waals surface area contributed by atoms with Gasteiger partial charge in [0.15, 0.2) is 0 Å². The summed E-state index contributed by atoms with van der Waals surface area (Å²) >= 11 is 0. The van der Waals surface area contributed by atoms with E-state index < -0.39 is 6.10 Å². The Labute approximate surface area is 118 Å². The SMILES string of the molecule is COCCNCC(O)COc1cccc2ncccc12. The fourth-order valence-corrected chi connectivity index (χ4v) is 1.89. The number of nitrogens with zero attached hydrogens (tertiary/aromatic N) is 1. The molecule has 5 nitrogen and oxygen atoms in total. The van der Waals surface area contributed by atoms with Crippen LogP contribution in [0.2, 0.25) is 0 Å². The molecule has 0 saturated carbocycles. The Morgan fingerprint density at radius 2 is 2.20 bits per heavy atom. The van der Waals surface area contributed by atoms with Crippen molar-refractivity contribution < 1.29 is 14.6 Å². The molecule has 0 spiro atoms. The molecular formula is C15H20N2O3. The van der Waals surface area contributed by atoms with E-state index in [4.69, 9.17) is 9.47 Å². The summed E-state index contributed by atoms with van der Waals surface area (Å²) in [7, 11) is 1.65. The van der Waals surface area contributed by atoms with Crippen molar-refractivity contribution >= 4 is 10.9 Å². The van der Waals surface area contributed by atoms with Crippen LogP contribution in [-0.4, -0.2) is 49.6 Å². The Kier molecular flexibility index (Phi) is 5.73. The van der Waals surface area contributed by atoms with E-state index in [-0.39, 0.29) is 6.61 Å². The molecule has 108 valence electrons. The number of fused-ring (bicyclic) bond motifs is 1. The van der Waals surface area contributed by atoms with Gasteiger partial charge in [-0.15, -0.1) is 0 Å². The molecule has 1 heterocycles. The van der Waals surface area contributed by atoms with Gasteiger partial charge < -0.3 is 19.9 Å². The zero-order valence-electron chi connectivity index (χ0n) is 11.6. The third-order valence-electron chi connectivity index (χ3n) is 2.90. The van der Waals surface area contributed by atoms with Gasteiger partial charge in [0.05, 0.1) is 12.1 Å². The Morgan fingerprint density at radius 1 is 1.30 bits per heavy atom. The number of aliphatic hydroxyl groups excluding tert-OH is 1. The van der Waals surface area contributed by atoms with Gasteiger partial charge in [-0.1, -0.05) is 6.07 Å². The maximum Gasteiger partial charge on any atom is 0.128 e. The van der Waals surface area contributed by atoms with Crippen LogP contribution in [0.25, 0.3) is 10.9 Å². The monoisotopic (exact) mass is 276 g/mol. The first-order valence-corrected chi connectivity index (χ1v) is 6.65. The Bertz CT molecular complexity index is 528. The standard InChI is InChI=1S/C15H20N2O3/c1-19-9-8-16-10-12(18)11-20-15-6-2-5-14-13(15)4-3-7-17-14/h2-7,12,16,18H,8-11H2,1H3. The smallest absolute Gasteiger partial charge is 0.128 e. The van der Waals surface area contributed by atoms with Gasteiger partial charge in [0, 0.05) is 31.8 Å². The molecule has 2 rings (SSSR count). The van der Waals surface area contributed by atoms with Gasteiger partial charge in [-0.2, -0.15) is 0 Å². The van der Waals surface area contributed by atoms with Crippen LogP contribution in [0.4, 0.5) is 0 Å². The second-order valence-corrected chi connectivity index (χ2v) is 4.49. The molecular weight excluding hydrogens is 256 g/mol. The molecule has 2 aromatic rings. The normalized spacial score (nSPS) is 12.5. The van der Waals surface area contributed by atoms with Gasteiger partial charge in [-0.3, -0.25) is 4.98 Å². The highest BCUT2D eigenvalue weighted by Gasteiger charge is 2.07. The molecule has 0 saturated heterocycles. The molecule has 1 aromatic heterocycles. The lowest BCUT2D eigenvalue weighted by Gasteiger charge is -2.14. The summed E-state index contributed by atoms with van der Waals surface area (Å²) in [6.45, 7) is 2.06. The molecule has 0 bridgehead atoms. The van der Waals surface area contributed by atoms with Crippen LogP contribution in [-0.2, 0) is 4.74 Å². The number of methoxy groups -OCH3 is 1. The maximum absolute atomic E-state index is 9.84. The molecule has 0 aliphatic carbocycles. The molecule has 5 heteroatoms. The van der Waals surface area contributed by atoms with Crippen molar-refractivity contribution in [2.75, 3.05) is 33.4 Å². The van der Waals surface area contributed by atoms with E-state index in [9.17, 15) is 5.11 Å². The van der Waals surface area contributed by atoms with Gasteiger partial charge in [0.1, 0.15) is 18.5 Å². The number of ether oxygens (including phenoxy) is 2. The summed E-state index contributed by atoms with van der Waals surface area (Å²) < 4.78 is 10.6. The number of nitrogens with one attached hydrogen (secondary N) is 1. The van der Waals surface area contributed by atoms with Crippen LogP contribution in [0.3, 0.4) is 0 Å². The summed E-state index contributed by atoms with van der Waals surface area (Å²) in [5.41, 5.74) is 0.887. The number of pyridine rings is 1. The van der Waals surface area contributed by atoms with Crippen molar-refractivity contribution in [1.29, 1.82) is 0 Å². The first-order valence-electron chi connectivity index (χ1n) is 6.65. The molecule has 0 aliphatic rings. The van der Waals surface area contributed by atoms with Crippen molar-refractivity contribution in [2.24, 2.45) is 0 Å². The van der Waals surface area contributed by atoms with Crippen LogP contribution in [0, 0.1) is 0 Å². The van der Waals surface area contributed by atoms with Crippen molar-refractivity contribution in [3.8, 4) is 5.75 Å². The predicted molar refractivity (Wildman–Crippen MR) is 78.0 cm³/mol. The highest BCUT2D eigenvalue weighted by Crippen LogP contribution is 2.23. The molecule has 1 aromatic carbocycles. The molecule has 1 atom stereocenters. The zero-order valence-corrected chi connectivity index (χ0v) is 11.6. The first kappa shape index (κ1) is 14.7. The number of aromatic nitrogens is 1. The van der Waals surface area contributed by atoms with Gasteiger partial charge >= 0.3 is 0 Å². The second kappa shape index (κ2) is 7.79. The van der Waals surface area contributed by atoms with Crippen molar-refractivity contribution in [3.05, 3.63) is 36.5 Å². The summed E-state index contributed by atoms with van der Waals surface area (Å²) in [4.78, 5) is 4.27. The lowest BCUT2D eigenvalue weighted by atomic mass is 10.2. The lowest BCUT2D eigenvalue weighted by Crippen LogP contribution is -2.33. The molecule has 20 heavy (non-hydrogen) atoms. The highest BCUT2D eigenvalue weighted by molar-refractivity contribution is 5.84. The minimum absolute atomic E-state index is 0.244. The van der Waals surface area contributed by atoms with E-state index >= 15 is 0 Å². The van der Waals surface area contributed by atoms with Crippen LogP contribution in [0.5, 0.6) is 5.75 Å². The average molecular weight is 276 g/mol. The van der Waals surface area contributed by atoms with E-state index in [1.807, 2.05) is 30.3 Å². The molecule has 0 aliphatic heterocycles. The van der Waals surface area contributed by atoms with E-state index in [0.717, 1.165) is 16.7 Å². The average Bonchev–Trinajstić information content (AvgIpc) is 2.49. The fraction of sp³-hybridized carbons (Fsp3) is 0.400. The van der Waals surface area contributed by atoms with Crippen molar-refractivity contribution in [1.82, 2.24) is 10.3 Å². The largest absolute Gasteiger partial charge is 0.490 e. The van der Waals surface area contributed by atoms with E-state index in [1.165, 1.54) is 0 Å². The summed E-state index contributed by atoms with van der Waals surface area (Å²) in [6.07, 6.45) is 1.19. The number of rotatable bonds is 8. The predicted octanol–water partition coefficient (Wildman–Crippen LogP) is 1.21. The Balaban J connectivity index is 1.86. The first-order chi connectivity index (χ1) is 9.81. The zero-order chi connectivity index (χ0) is 14.2. The molecule has 0 amide bonds. The third kappa shape index (κ3) is 4.16. The maximum atomic E-state index is 9.84. The van der Waals surface area contributed by atoms with Crippen LogP contribution < -0.4 is 10.1 Å². The van der Waals surface area contributed by atoms with Crippen molar-refractivity contribution in [3.63, 3.8) is 0 Å². The van der Waals surface area contributed by atoms with Gasteiger partial charge in [-0.25, -0.2) is 0 Å². The lowest BCUT2D eigenvalue weighted by molar-refractivity contribution is 0.104. The third-order valence-corrected chi connectivity index (χ3v) is 2.90. The number of benzene rings is 1. The van der Waals surface area contributed by atoms with Gasteiger partial charge in [0.2, 0.25) is 0 Å². The Hall–Kier alpha value is -1.69.